The van der Waals surface area contributed by atoms with Crippen LogP contribution in [-0.2, 0) is 4.79 Å². The highest BCUT2D eigenvalue weighted by Crippen LogP contribution is 2.50. The van der Waals surface area contributed by atoms with Gasteiger partial charge in [-0.15, -0.1) is 0 Å². The zero-order valence-electron chi connectivity index (χ0n) is 13.0. The molecule has 1 aromatic rings. The van der Waals surface area contributed by atoms with E-state index in [-0.39, 0.29) is 23.8 Å². The Labute approximate surface area is 141 Å². The van der Waals surface area contributed by atoms with Crippen molar-refractivity contribution in [1.82, 2.24) is 10.2 Å². The molecule has 124 valence electrons. The first-order valence-corrected chi connectivity index (χ1v) is 8.54. The third-order valence-electron chi connectivity index (χ3n) is 4.83. The molecule has 1 saturated heterocycles. The molecule has 23 heavy (non-hydrogen) atoms. The third kappa shape index (κ3) is 3.61. The van der Waals surface area contributed by atoms with Crippen molar-refractivity contribution in [2.45, 2.75) is 37.6 Å². The van der Waals surface area contributed by atoms with Gasteiger partial charge >= 0.3 is 6.03 Å². The summed E-state index contributed by atoms with van der Waals surface area (Å²) in [5.74, 6) is 0.429. The number of piperidine rings is 1. The number of carbonyl (C=O) groups excluding carboxylic acids is 2. The summed E-state index contributed by atoms with van der Waals surface area (Å²) in [5.41, 5.74) is 6.22. The van der Waals surface area contributed by atoms with Crippen LogP contribution in [-0.4, -0.2) is 36.0 Å². The molecule has 0 unspecified atom stereocenters. The van der Waals surface area contributed by atoms with Gasteiger partial charge in [-0.1, -0.05) is 29.8 Å². The molecule has 3 amide bonds. The quantitative estimate of drug-likeness (QED) is 0.887. The monoisotopic (exact) mass is 335 g/mol. The molecule has 3 rings (SSSR count). The molecule has 3 N–H and O–H groups in total. The number of urea groups is 1. The van der Waals surface area contributed by atoms with Crippen molar-refractivity contribution >= 4 is 23.5 Å². The Kier molecular flexibility index (Phi) is 4.76. The largest absolute Gasteiger partial charge is 0.352 e. The molecule has 1 saturated carbocycles. The van der Waals surface area contributed by atoms with Crippen LogP contribution in [0.3, 0.4) is 0 Å². The molecule has 1 aliphatic carbocycles. The molecule has 1 aliphatic heterocycles. The van der Waals surface area contributed by atoms with Gasteiger partial charge in [-0.05, 0) is 43.2 Å². The molecule has 6 heteroatoms. The number of likely N-dealkylation sites (tertiary alicyclic amines) is 1. The van der Waals surface area contributed by atoms with Crippen molar-refractivity contribution in [3.8, 4) is 0 Å². The summed E-state index contributed by atoms with van der Waals surface area (Å²) in [6.45, 7) is 1.19. The molecule has 2 aliphatic rings. The van der Waals surface area contributed by atoms with Gasteiger partial charge in [0.1, 0.15) is 0 Å². The number of benzene rings is 1. The maximum Gasteiger partial charge on any atom is 0.312 e. The Hall–Kier alpha value is -1.75. The second-order valence-corrected chi connectivity index (χ2v) is 6.80. The highest BCUT2D eigenvalue weighted by Gasteiger charge is 2.47. The third-order valence-corrected chi connectivity index (χ3v) is 5.18. The number of primary amides is 1. The van der Waals surface area contributed by atoms with E-state index >= 15 is 0 Å². The van der Waals surface area contributed by atoms with Crippen LogP contribution in [0, 0.1) is 5.92 Å². The van der Waals surface area contributed by atoms with Crippen molar-refractivity contribution < 1.29 is 9.59 Å². The van der Waals surface area contributed by atoms with Crippen molar-refractivity contribution in [2.75, 3.05) is 13.1 Å². The van der Waals surface area contributed by atoms with Crippen molar-refractivity contribution in [1.29, 1.82) is 0 Å². The van der Waals surface area contributed by atoms with E-state index in [1.807, 2.05) is 29.2 Å². The average Bonchev–Trinajstić information content (AvgIpc) is 3.33. The lowest BCUT2D eigenvalue weighted by molar-refractivity contribution is -0.136. The van der Waals surface area contributed by atoms with E-state index in [0.717, 1.165) is 42.8 Å². The number of hydrogen-bond donors (Lipinski definition) is 2. The summed E-state index contributed by atoms with van der Waals surface area (Å²) >= 11 is 6.24. The topological polar surface area (TPSA) is 75.4 Å². The summed E-state index contributed by atoms with van der Waals surface area (Å²) in [4.78, 5) is 25.7. The lowest BCUT2D eigenvalue weighted by Gasteiger charge is -2.36. The number of nitrogens with two attached hydrogens (primary N) is 1. The minimum absolute atomic E-state index is 0.0177. The fourth-order valence-corrected chi connectivity index (χ4v) is 3.80. The Morgan fingerprint density at radius 2 is 2.09 bits per heavy atom. The predicted octanol–water partition coefficient (Wildman–Crippen LogP) is 2.49. The van der Waals surface area contributed by atoms with Gasteiger partial charge in [0.2, 0.25) is 5.91 Å². The Morgan fingerprint density at radius 1 is 1.30 bits per heavy atom. The smallest absolute Gasteiger partial charge is 0.312 e. The van der Waals surface area contributed by atoms with Crippen LogP contribution in [0.15, 0.2) is 24.3 Å². The Morgan fingerprint density at radius 3 is 2.83 bits per heavy atom. The fourth-order valence-electron chi connectivity index (χ4n) is 3.52. The number of amides is 3. The maximum absolute atomic E-state index is 12.8. The van der Waals surface area contributed by atoms with E-state index < -0.39 is 6.03 Å². The highest BCUT2D eigenvalue weighted by atomic mass is 35.5. The molecular formula is C17H22ClN3O2. The number of nitrogens with one attached hydrogen (secondary N) is 1. The van der Waals surface area contributed by atoms with E-state index in [9.17, 15) is 9.59 Å². The molecule has 3 atom stereocenters. The van der Waals surface area contributed by atoms with Crippen LogP contribution in [0.1, 0.15) is 37.2 Å². The minimum Gasteiger partial charge on any atom is -0.352 e. The summed E-state index contributed by atoms with van der Waals surface area (Å²) in [6.07, 6.45) is 3.86. The van der Waals surface area contributed by atoms with Crippen molar-refractivity contribution in [3.05, 3.63) is 34.9 Å². The number of carbonyl (C=O) groups is 2. The minimum atomic E-state index is -0.539. The second kappa shape index (κ2) is 6.79. The van der Waals surface area contributed by atoms with Crippen LogP contribution in [0.2, 0.25) is 5.02 Å². The number of rotatable bonds is 4. The SMILES string of the molecule is NC(=O)NC[C@@H]1CCCCN1C(=O)[C@H]1C[C@@H]1c1ccccc1Cl. The van der Waals surface area contributed by atoms with Gasteiger partial charge in [0.15, 0.2) is 0 Å². The van der Waals surface area contributed by atoms with Crippen LogP contribution in [0.25, 0.3) is 0 Å². The Balaban J connectivity index is 1.65. The van der Waals surface area contributed by atoms with Gasteiger partial charge in [0.25, 0.3) is 0 Å². The number of nitrogens with zero attached hydrogens (tertiary/aromatic N) is 1. The molecule has 0 bridgehead atoms. The van der Waals surface area contributed by atoms with Crippen LogP contribution in [0.5, 0.6) is 0 Å². The van der Waals surface area contributed by atoms with Crippen LogP contribution in [0.4, 0.5) is 4.79 Å². The molecular weight excluding hydrogens is 314 g/mol. The predicted molar refractivity (Wildman–Crippen MR) is 89.2 cm³/mol. The number of hydrogen-bond acceptors (Lipinski definition) is 2. The summed E-state index contributed by atoms with van der Waals surface area (Å²) in [6, 6.07) is 7.25. The first-order chi connectivity index (χ1) is 11.1. The summed E-state index contributed by atoms with van der Waals surface area (Å²) in [7, 11) is 0. The van der Waals surface area contributed by atoms with Gasteiger partial charge in [-0.25, -0.2) is 4.79 Å². The molecule has 0 radical (unpaired) electrons. The number of halogens is 1. The van der Waals surface area contributed by atoms with Crippen molar-refractivity contribution in [2.24, 2.45) is 11.7 Å². The second-order valence-electron chi connectivity index (χ2n) is 6.40. The fraction of sp³-hybridized carbons (Fsp3) is 0.529. The summed E-state index contributed by atoms with van der Waals surface area (Å²) in [5, 5.41) is 3.37. The average molecular weight is 336 g/mol. The van der Waals surface area contributed by atoms with Crippen LogP contribution < -0.4 is 11.1 Å². The van der Waals surface area contributed by atoms with E-state index in [1.165, 1.54) is 0 Å². The van der Waals surface area contributed by atoms with E-state index in [2.05, 4.69) is 5.32 Å². The molecule has 5 nitrogen and oxygen atoms in total. The first kappa shape index (κ1) is 16.1. The zero-order valence-corrected chi connectivity index (χ0v) is 13.8. The van der Waals surface area contributed by atoms with Gasteiger partial charge in [0, 0.05) is 30.1 Å². The lowest BCUT2D eigenvalue weighted by atomic mass is 10.0. The molecule has 1 aromatic carbocycles. The molecule has 2 fully saturated rings. The molecule has 0 aromatic heterocycles. The lowest BCUT2D eigenvalue weighted by Crippen LogP contribution is -2.50. The maximum atomic E-state index is 12.8. The van der Waals surface area contributed by atoms with E-state index in [4.69, 9.17) is 17.3 Å². The van der Waals surface area contributed by atoms with Gasteiger partial charge in [-0.3, -0.25) is 4.79 Å². The first-order valence-electron chi connectivity index (χ1n) is 8.16. The van der Waals surface area contributed by atoms with Gasteiger partial charge < -0.3 is 16.0 Å². The van der Waals surface area contributed by atoms with E-state index in [0.29, 0.717) is 6.54 Å². The Bertz CT molecular complexity index is 607. The van der Waals surface area contributed by atoms with E-state index in [1.54, 1.807) is 0 Å². The highest BCUT2D eigenvalue weighted by molar-refractivity contribution is 6.31. The molecule has 0 spiro atoms. The zero-order chi connectivity index (χ0) is 16.4. The van der Waals surface area contributed by atoms with Gasteiger partial charge in [0.05, 0.1) is 0 Å². The summed E-state index contributed by atoms with van der Waals surface area (Å²) < 4.78 is 0. The standard InChI is InChI=1S/C17H22ClN3O2/c18-15-7-2-1-6-12(15)13-9-14(13)16(22)21-8-4-3-5-11(21)10-20-17(19)23/h1-2,6-7,11,13-14H,3-5,8-10H2,(H3,19,20,23)/t11-,13+,14-/m0/s1. The van der Waals surface area contributed by atoms with Crippen molar-refractivity contribution in [3.63, 3.8) is 0 Å². The van der Waals surface area contributed by atoms with Crippen LogP contribution >= 0.6 is 11.6 Å². The van der Waals surface area contributed by atoms with Gasteiger partial charge in [-0.2, -0.15) is 0 Å². The molecule has 1 heterocycles. The normalized spacial score (nSPS) is 26.7.